The van der Waals surface area contributed by atoms with Crippen LogP contribution in [0.5, 0.6) is 11.5 Å². The highest BCUT2D eigenvalue weighted by molar-refractivity contribution is 6.29. The zero-order chi connectivity index (χ0) is 14.7. The Morgan fingerprint density at radius 1 is 1.19 bits per heavy atom. The van der Waals surface area contributed by atoms with Crippen LogP contribution in [-0.2, 0) is 0 Å². The van der Waals surface area contributed by atoms with E-state index >= 15 is 0 Å². The average Bonchev–Trinajstić information content (AvgIpc) is 3.25. The minimum atomic E-state index is -0.174. The summed E-state index contributed by atoms with van der Waals surface area (Å²) in [6.07, 6.45) is 3.71. The molecule has 0 bridgehead atoms. The summed E-state index contributed by atoms with van der Waals surface area (Å²) in [6, 6.07) is 10.6. The number of amides is 2. The van der Waals surface area contributed by atoms with E-state index in [4.69, 9.17) is 16.3 Å². The van der Waals surface area contributed by atoms with Gasteiger partial charge in [-0.05, 0) is 43.2 Å². The van der Waals surface area contributed by atoms with E-state index in [0.29, 0.717) is 28.4 Å². The van der Waals surface area contributed by atoms with E-state index in [9.17, 15) is 4.79 Å². The third kappa shape index (κ3) is 4.10. The Kier molecular flexibility index (Phi) is 3.92. The van der Waals surface area contributed by atoms with Gasteiger partial charge in [-0.25, -0.2) is 9.78 Å². The Bertz CT molecular complexity index is 642. The van der Waals surface area contributed by atoms with Crippen molar-refractivity contribution in [1.29, 1.82) is 0 Å². The molecule has 0 radical (unpaired) electrons. The largest absolute Gasteiger partial charge is 0.457 e. The number of benzene rings is 1. The van der Waals surface area contributed by atoms with Crippen LogP contribution in [0.4, 0.5) is 10.5 Å². The first-order chi connectivity index (χ1) is 10.2. The molecule has 2 aromatic rings. The van der Waals surface area contributed by atoms with Gasteiger partial charge < -0.3 is 15.4 Å². The summed E-state index contributed by atoms with van der Waals surface area (Å²) < 4.78 is 5.64. The van der Waals surface area contributed by atoms with E-state index < -0.39 is 0 Å². The number of anilines is 1. The molecule has 2 N–H and O–H groups in total. The van der Waals surface area contributed by atoms with Crippen LogP contribution < -0.4 is 15.4 Å². The summed E-state index contributed by atoms with van der Waals surface area (Å²) in [5.41, 5.74) is 0.716. The van der Waals surface area contributed by atoms with Crippen LogP contribution in [0.1, 0.15) is 12.8 Å². The second-order valence-electron chi connectivity index (χ2n) is 4.81. The van der Waals surface area contributed by atoms with Crippen LogP contribution in [0.3, 0.4) is 0 Å². The second-order valence-corrected chi connectivity index (χ2v) is 5.20. The maximum atomic E-state index is 11.6. The Morgan fingerprint density at radius 2 is 1.95 bits per heavy atom. The number of halogens is 1. The molecule has 1 aliphatic rings. The maximum absolute atomic E-state index is 11.6. The van der Waals surface area contributed by atoms with Crippen LogP contribution in [0, 0.1) is 0 Å². The van der Waals surface area contributed by atoms with E-state index in [0.717, 1.165) is 12.8 Å². The highest BCUT2D eigenvalue weighted by Gasteiger charge is 2.23. The summed E-state index contributed by atoms with van der Waals surface area (Å²) in [5.74, 6) is 1.27. The first-order valence-electron chi connectivity index (χ1n) is 6.66. The Morgan fingerprint density at radius 3 is 2.62 bits per heavy atom. The van der Waals surface area contributed by atoms with Crippen molar-refractivity contribution in [3.05, 3.63) is 47.7 Å². The predicted molar refractivity (Wildman–Crippen MR) is 80.9 cm³/mol. The van der Waals surface area contributed by atoms with Gasteiger partial charge in [-0.15, -0.1) is 0 Å². The normalized spacial score (nSPS) is 13.6. The second kappa shape index (κ2) is 6.01. The van der Waals surface area contributed by atoms with Crippen molar-refractivity contribution in [2.45, 2.75) is 18.9 Å². The smallest absolute Gasteiger partial charge is 0.319 e. The number of hydrogen-bond donors (Lipinski definition) is 2. The van der Waals surface area contributed by atoms with Gasteiger partial charge in [0.25, 0.3) is 0 Å². The lowest BCUT2D eigenvalue weighted by Crippen LogP contribution is -2.30. The predicted octanol–water partition coefficient (Wildman–Crippen LogP) is 3.81. The molecule has 0 spiro atoms. The van der Waals surface area contributed by atoms with Crippen LogP contribution >= 0.6 is 11.6 Å². The Labute approximate surface area is 127 Å². The molecule has 1 heterocycles. The number of hydrogen-bond acceptors (Lipinski definition) is 3. The molecule has 1 aromatic carbocycles. The fourth-order valence-electron chi connectivity index (χ4n) is 1.77. The van der Waals surface area contributed by atoms with Crippen molar-refractivity contribution in [3.8, 4) is 11.5 Å². The highest BCUT2D eigenvalue weighted by atomic mass is 35.5. The van der Waals surface area contributed by atoms with Crippen LogP contribution in [0.25, 0.3) is 0 Å². The molecule has 21 heavy (non-hydrogen) atoms. The molecular weight excluding hydrogens is 290 g/mol. The summed E-state index contributed by atoms with van der Waals surface area (Å²) in [4.78, 5) is 15.5. The fourth-order valence-corrected chi connectivity index (χ4v) is 1.93. The lowest BCUT2D eigenvalue weighted by Gasteiger charge is -2.08. The number of pyridine rings is 1. The summed E-state index contributed by atoms with van der Waals surface area (Å²) in [5, 5.41) is 6.01. The van der Waals surface area contributed by atoms with Gasteiger partial charge in [0.05, 0.1) is 0 Å². The third-order valence-corrected chi connectivity index (χ3v) is 3.17. The van der Waals surface area contributed by atoms with Crippen molar-refractivity contribution >= 4 is 23.3 Å². The molecule has 1 saturated carbocycles. The third-order valence-electron chi connectivity index (χ3n) is 2.96. The first kappa shape index (κ1) is 13.7. The number of carbonyl (C=O) groups excluding carboxylic acids is 1. The fraction of sp³-hybridized carbons (Fsp3) is 0.200. The quantitative estimate of drug-likeness (QED) is 0.844. The number of urea groups is 1. The summed E-state index contributed by atoms with van der Waals surface area (Å²) in [7, 11) is 0. The topological polar surface area (TPSA) is 63.2 Å². The minimum absolute atomic E-state index is 0.174. The molecule has 0 atom stereocenters. The van der Waals surface area contributed by atoms with Crippen LogP contribution in [-0.4, -0.2) is 17.1 Å². The standard InChI is InChI=1S/C15H14ClN3O2/c16-14-9-13(7-8-17-14)21-12-5-3-11(4-6-12)19-15(20)18-10-1-2-10/h3-10H,1-2H2,(H2,18,19,20). The average molecular weight is 304 g/mol. The molecule has 2 amide bonds. The van der Waals surface area contributed by atoms with Gasteiger partial charge >= 0.3 is 6.03 Å². The number of nitrogens with zero attached hydrogens (tertiary/aromatic N) is 1. The van der Waals surface area contributed by atoms with E-state index in [2.05, 4.69) is 15.6 Å². The van der Waals surface area contributed by atoms with E-state index in [-0.39, 0.29) is 6.03 Å². The molecule has 6 heteroatoms. The number of nitrogens with one attached hydrogen (secondary N) is 2. The molecular formula is C15H14ClN3O2. The Balaban J connectivity index is 1.59. The molecule has 1 aliphatic carbocycles. The van der Waals surface area contributed by atoms with Gasteiger partial charge in [0.1, 0.15) is 16.7 Å². The first-order valence-corrected chi connectivity index (χ1v) is 7.04. The van der Waals surface area contributed by atoms with Crippen molar-refractivity contribution in [2.75, 3.05) is 5.32 Å². The van der Waals surface area contributed by atoms with E-state index in [1.165, 1.54) is 0 Å². The summed E-state index contributed by atoms with van der Waals surface area (Å²) in [6.45, 7) is 0. The van der Waals surface area contributed by atoms with Gasteiger partial charge in [-0.2, -0.15) is 0 Å². The van der Waals surface area contributed by atoms with Crippen molar-refractivity contribution in [3.63, 3.8) is 0 Å². The zero-order valence-corrected chi connectivity index (χ0v) is 11.9. The SMILES string of the molecule is O=C(Nc1ccc(Oc2ccnc(Cl)c2)cc1)NC1CC1. The summed E-state index contributed by atoms with van der Waals surface area (Å²) >= 11 is 5.79. The highest BCUT2D eigenvalue weighted by Crippen LogP contribution is 2.24. The molecule has 1 fully saturated rings. The van der Waals surface area contributed by atoms with Crippen molar-refractivity contribution in [2.24, 2.45) is 0 Å². The van der Waals surface area contributed by atoms with Gasteiger partial charge in [0, 0.05) is 24.0 Å². The monoisotopic (exact) mass is 303 g/mol. The molecule has 108 valence electrons. The maximum Gasteiger partial charge on any atom is 0.319 e. The molecule has 5 nitrogen and oxygen atoms in total. The van der Waals surface area contributed by atoms with Crippen LogP contribution in [0.2, 0.25) is 5.15 Å². The lowest BCUT2D eigenvalue weighted by molar-refractivity contribution is 0.251. The van der Waals surface area contributed by atoms with Crippen molar-refractivity contribution < 1.29 is 9.53 Å². The molecule has 0 unspecified atom stereocenters. The van der Waals surface area contributed by atoms with Crippen molar-refractivity contribution in [1.82, 2.24) is 10.3 Å². The number of carbonyl (C=O) groups is 1. The molecule has 1 aromatic heterocycles. The number of aromatic nitrogens is 1. The van der Waals surface area contributed by atoms with Gasteiger partial charge in [0.15, 0.2) is 0 Å². The van der Waals surface area contributed by atoms with Crippen LogP contribution in [0.15, 0.2) is 42.6 Å². The zero-order valence-electron chi connectivity index (χ0n) is 11.2. The number of rotatable bonds is 4. The molecule has 0 aliphatic heterocycles. The Hall–Kier alpha value is -2.27. The number of ether oxygens (including phenoxy) is 1. The van der Waals surface area contributed by atoms with E-state index in [1.807, 2.05) is 0 Å². The molecule has 0 saturated heterocycles. The van der Waals surface area contributed by atoms with E-state index in [1.54, 1.807) is 42.6 Å². The van der Waals surface area contributed by atoms with Gasteiger partial charge in [-0.3, -0.25) is 0 Å². The van der Waals surface area contributed by atoms with Gasteiger partial charge in [-0.1, -0.05) is 11.6 Å². The lowest BCUT2D eigenvalue weighted by atomic mass is 10.3. The minimum Gasteiger partial charge on any atom is -0.457 e. The van der Waals surface area contributed by atoms with Gasteiger partial charge in [0.2, 0.25) is 0 Å². The molecule has 3 rings (SSSR count).